The molecule has 0 radical (unpaired) electrons. The highest BCUT2D eigenvalue weighted by molar-refractivity contribution is 6.12. The molecular weight excluding hydrogens is 306 g/mol. The highest BCUT2D eigenvalue weighted by Gasteiger charge is 2.75. The summed E-state index contributed by atoms with van der Waals surface area (Å²) in [4.78, 5) is 28.7. The quantitative estimate of drug-likeness (QED) is 0.878. The van der Waals surface area contributed by atoms with Crippen LogP contribution >= 0.6 is 0 Å². The SMILES string of the molecule is C[C@@]12OC(=O)N[C@@]13Cc1ccccc1N3C(=O)N2c1ccccc1. The van der Waals surface area contributed by atoms with Crippen LogP contribution in [0.5, 0.6) is 0 Å². The first-order valence-electron chi connectivity index (χ1n) is 7.85. The number of anilines is 2. The third-order valence-corrected chi connectivity index (χ3v) is 5.25. The van der Waals surface area contributed by atoms with E-state index in [9.17, 15) is 9.59 Å². The van der Waals surface area contributed by atoms with E-state index in [0.717, 1.165) is 11.3 Å². The molecule has 1 N–H and O–H groups in total. The first kappa shape index (κ1) is 13.4. The molecule has 0 saturated carbocycles. The molecule has 3 aliphatic rings. The second-order valence-corrected chi connectivity index (χ2v) is 6.45. The highest BCUT2D eigenvalue weighted by Crippen LogP contribution is 2.54. The zero-order valence-electron chi connectivity index (χ0n) is 13.0. The van der Waals surface area contributed by atoms with Crippen LogP contribution in [-0.2, 0) is 11.2 Å². The van der Waals surface area contributed by atoms with E-state index in [4.69, 9.17) is 4.74 Å². The monoisotopic (exact) mass is 321 g/mol. The fourth-order valence-corrected chi connectivity index (χ4v) is 4.20. The first-order valence-corrected chi connectivity index (χ1v) is 7.85. The lowest BCUT2D eigenvalue weighted by molar-refractivity contribution is 0.0407. The van der Waals surface area contributed by atoms with Crippen LogP contribution in [0.25, 0.3) is 0 Å². The number of urea groups is 1. The summed E-state index contributed by atoms with van der Waals surface area (Å²) >= 11 is 0. The van der Waals surface area contributed by atoms with Crippen LogP contribution in [0.4, 0.5) is 21.0 Å². The van der Waals surface area contributed by atoms with Gasteiger partial charge in [-0.25, -0.2) is 9.59 Å². The van der Waals surface area contributed by atoms with Crippen LogP contribution < -0.4 is 15.1 Å². The Hall–Kier alpha value is -3.02. The number of rotatable bonds is 1. The maximum atomic E-state index is 13.3. The van der Waals surface area contributed by atoms with Crippen LogP contribution in [0.1, 0.15) is 12.5 Å². The lowest BCUT2D eigenvalue weighted by Gasteiger charge is -2.36. The summed E-state index contributed by atoms with van der Waals surface area (Å²) in [6.07, 6.45) is 0.00394. The van der Waals surface area contributed by atoms with Gasteiger partial charge in [-0.15, -0.1) is 0 Å². The van der Waals surface area contributed by atoms with E-state index >= 15 is 0 Å². The van der Waals surface area contributed by atoms with Crippen molar-refractivity contribution in [2.24, 2.45) is 0 Å². The van der Waals surface area contributed by atoms with Gasteiger partial charge in [0.25, 0.3) is 0 Å². The lowest BCUT2D eigenvalue weighted by atomic mass is 9.94. The average molecular weight is 321 g/mol. The van der Waals surface area contributed by atoms with Crippen LogP contribution in [-0.4, -0.2) is 23.5 Å². The van der Waals surface area contributed by atoms with Crippen LogP contribution in [0.15, 0.2) is 54.6 Å². The zero-order valence-corrected chi connectivity index (χ0v) is 13.0. The summed E-state index contributed by atoms with van der Waals surface area (Å²) in [5, 5.41) is 2.91. The Bertz CT molecular complexity index is 880. The summed E-state index contributed by atoms with van der Waals surface area (Å²) in [5.74, 6) is 0. The van der Waals surface area contributed by atoms with Crippen molar-refractivity contribution in [3.05, 3.63) is 60.2 Å². The van der Waals surface area contributed by atoms with Gasteiger partial charge >= 0.3 is 12.1 Å². The van der Waals surface area contributed by atoms with Gasteiger partial charge in [0.1, 0.15) is 0 Å². The number of fused-ring (bicyclic) bond motifs is 2. The van der Waals surface area contributed by atoms with Crippen LogP contribution in [0.3, 0.4) is 0 Å². The lowest BCUT2D eigenvalue weighted by Crippen LogP contribution is -2.62. The largest absolute Gasteiger partial charge is 0.418 e. The van der Waals surface area contributed by atoms with Gasteiger partial charge in [-0.1, -0.05) is 36.4 Å². The molecule has 2 fully saturated rings. The average Bonchev–Trinajstić information content (AvgIpc) is 3.07. The molecule has 24 heavy (non-hydrogen) atoms. The van der Waals surface area contributed by atoms with Gasteiger partial charge in [0, 0.05) is 19.0 Å². The van der Waals surface area contributed by atoms with Crippen molar-refractivity contribution in [2.75, 3.05) is 9.80 Å². The summed E-state index contributed by atoms with van der Waals surface area (Å²) < 4.78 is 5.66. The summed E-state index contributed by atoms with van der Waals surface area (Å²) in [7, 11) is 0. The zero-order chi connectivity index (χ0) is 16.5. The molecule has 5 rings (SSSR count). The van der Waals surface area contributed by atoms with Gasteiger partial charge in [-0.2, -0.15) is 0 Å². The van der Waals surface area contributed by atoms with Crippen molar-refractivity contribution in [1.82, 2.24) is 5.32 Å². The fraction of sp³-hybridized carbons (Fsp3) is 0.222. The maximum Gasteiger partial charge on any atom is 0.411 e. The molecule has 0 bridgehead atoms. The second kappa shape index (κ2) is 4.08. The summed E-state index contributed by atoms with van der Waals surface area (Å²) in [5.41, 5.74) is 0.490. The van der Waals surface area contributed by atoms with Crippen molar-refractivity contribution in [2.45, 2.75) is 24.7 Å². The molecule has 3 amide bonds. The van der Waals surface area contributed by atoms with Crippen molar-refractivity contribution < 1.29 is 14.3 Å². The summed E-state index contributed by atoms with van der Waals surface area (Å²) in [6, 6.07) is 16.8. The smallest absolute Gasteiger partial charge is 0.411 e. The minimum Gasteiger partial charge on any atom is -0.418 e. The number of carbonyl (C=O) groups is 2. The number of ether oxygens (including phenoxy) is 1. The molecule has 6 heteroatoms. The van der Waals surface area contributed by atoms with E-state index in [1.54, 1.807) is 16.7 Å². The molecular formula is C18H15N3O3. The van der Waals surface area contributed by atoms with Gasteiger partial charge in [-0.05, 0) is 23.8 Å². The van der Waals surface area contributed by atoms with Crippen LogP contribution in [0, 0.1) is 0 Å². The third kappa shape index (κ3) is 1.33. The second-order valence-electron chi connectivity index (χ2n) is 6.45. The molecule has 1 spiro atoms. The highest BCUT2D eigenvalue weighted by atomic mass is 16.6. The normalized spacial score (nSPS) is 29.9. The van der Waals surface area contributed by atoms with E-state index in [2.05, 4.69) is 5.32 Å². The Labute approximate surface area is 138 Å². The first-order chi connectivity index (χ1) is 11.6. The van der Waals surface area contributed by atoms with Crippen molar-refractivity contribution in [3.63, 3.8) is 0 Å². The number of benzene rings is 2. The standard InChI is InChI=1S/C18H15N3O3/c1-17-18(19-15(22)24-17)11-12-7-5-6-10-14(12)21(18)16(23)20(17)13-8-3-2-4-9-13/h2-10H,11H2,1H3,(H,19,22)/t17-,18-/m1/s1. The molecule has 0 aliphatic carbocycles. The predicted octanol–water partition coefficient (Wildman–Crippen LogP) is 2.84. The fourth-order valence-electron chi connectivity index (χ4n) is 4.20. The van der Waals surface area contributed by atoms with Gasteiger partial charge in [0.05, 0.1) is 5.69 Å². The molecule has 0 aromatic heterocycles. The number of nitrogens with zero attached hydrogens (tertiary/aromatic N) is 2. The molecule has 120 valence electrons. The number of alkyl carbamates (subject to hydrolysis) is 1. The molecule has 2 aromatic carbocycles. The molecule has 0 unspecified atom stereocenters. The number of nitrogens with one attached hydrogen (secondary N) is 1. The van der Waals surface area contributed by atoms with E-state index < -0.39 is 17.5 Å². The number of para-hydroxylation sites is 2. The van der Waals surface area contributed by atoms with Gasteiger partial charge < -0.3 is 4.74 Å². The molecule has 3 aliphatic heterocycles. The minimum atomic E-state index is -1.12. The Morgan fingerprint density at radius 2 is 1.71 bits per heavy atom. The Balaban J connectivity index is 1.76. The molecule has 2 saturated heterocycles. The van der Waals surface area contributed by atoms with Gasteiger partial charge in [0.15, 0.2) is 5.66 Å². The third-order valence-electron chi connectivity index (χ3n) is 5.25. The van der Waals surface area contributed by atoms with E-state index in [1.165, 1.54) is 0 Å². The van der Waals surface area contributed by atoms with Gasteiger partial charge in [0.2, 0.25) is 5.72 Å². The van der Waals surface area contributed by atoms with Crippen LogP contribution in [0.2, 0.25) is 0 Å². The van der Waals surface area contributed by atoms with E-state index in [0.29, 0.717) is 12.1 Å². The molecule has 6 nitrogen and oxygen atoms in total. The number of carbonyl (C=O) groups excluding carboxylic acids is 2. The molecule has 3 heterocycles. The van der Waals surface area contributed by atoms with Crippen molar-refractivity contribution in [1.29, 1.82) is 0 Å². The number of hydrogen-bond donors (Lipinski definition) is 1. The van der Waals surface area contributed by atoms with E-state index in [-0.39, 0.29) is 6.03 Å². The van der Waals surface area contributed by atoms with Gasteiger partial charge in [-0.3, -0.25) is 15.1 Å². The minimum absolute atomic E-state index is 0.200. The van der Waals surface area contributed by atoms with Crippen molar-refractivity contribution >= 4 is 23.5 Å². The Morgan fingerprint density at radius 3 is 2.50 bits per heavy atom. The Kier molecular flexibility index (Phi) is 2.28. The molecule has 2 atom stereocenters. The predicted molar refractivity (Wildman–Crippen MR) is 87.7 cm³/mol. The maximum absolute atomic E-state index is 13.3. The molecule has 2 aromatic rings. The van der Waals surface area contributed by atoms with Crippen molar-refractivity contribution in [3.8, 4) is 0 Å². The number of amides is 3. The Morgan fingerprint density at radius 1 is 1.00 bits per heavy atom. The van der Waals surface area contributed by atoms with E-state index in [1.807, 2.05) is 54.6 Å². The summed E-state index contributed by atoms with van der Waals surface area (Å²) in [6.45, 7) is 1.79. The number of hydrogen-bond acceptors (Lipinski definition) is 3. The topological polar surface area (TPSA) is 61.9 Å².